The summed E-state index contributed by atoms with van der Waals surface area (Å²) in [7, 11) is 0. The van der Waals surface area contributed by atoms with Gasteiger partial charge in [-0.3, -0.25) is 0 Å². The van der Waals surface area contributed by atoms with Crippen molar-refractivity contribution in [3.8, 4) is 0 Å². The van der Waals surface area contributed by atoms with Crippen LogP contribution >= 0.6 is 0 Å². The van der Waals surface area contributed by atoms with Gasteiger partial charge in [-0.1, -0.05) is 0 Å². The first kappa shape index (κ1) is 16.1. The molecule has 7 nitrogen and oxygen atoms in total. The molecule has 2 atom stereocenters. The Bertz CT molecular complexity index is 226. The number of hydrogen-bond donors (Lipinski definition) is 5. The molecular weight excluding hydrogens is 207 g/mol. The third-order valence-electron chi connectivity index (χ3n) is 1.27. The summed E-state index contributed by atoms with van der Waals surface area (Å²) >= 11 is 0. The third-order valence-corrected chi connectivity index (χ3v) is 1.27. The van der Waals surface area contributed by atoms with Crippen molar-refractivity contribution >= 4 is 5.97 Å². The van der Waals surface area contributed by atoms with E-state index in [0.717, 1.165) is 0 Å². The van der Waals surface area contributed by atoms with Crippen molar-refractivity contribution in [1.29, 1.82) is 0 Å². The molecule has 0 unspecified atom stereocenters. The second-order valence-electron chi connectivity index (χ2n) is 2.22. The Morgan fingerprint density at radius 2 is 1.71 bits per heavy atom. The average Bonchev–Trinajstić information content (AvgIpc) is 2.12. The van der Waals surface area contributed by atoms with E-state index in [9.17, 15) is 9.90 Å². The number of aliphatic hydroxyl groups is 5. The summed E-state index contributed by atoms with van der Waals surface area (Å²) in [5.41, 5.74) is 0. The number of rotatable bonds is 4. The summed E-state index contributed by atoms with van der Waals surface area (Å²) in [4.78, 5) is 9.92. The molecule has 0 aliphatic carbocycles. The van der Waals surface area contributed by atoms with Crippen LogP contribution < -0.4 is 34.7 Å². The molecule has 0 aliphatic heterocycles. The predicted octanol–water partition coefficient (Wildman–Crippen LogP) is -6.22. The maximum atomic E-state index is 9.92. The first-order chi connectivity index (χ1) is 5.91. The van der Waals surface area contributed by atoms with Gasteiger partial charge in [-0.05, 0) is 0 Å². The molecule has 0 amide bonds. The van der Waals surface area contributed by atoms with Crippen molar-refractivity contribution in [3.63, 3.8) is 0 Å². The Hall–Kier alpha value is -0.310. The van der Waals surface area contributed by atoms with Gasteiger partial charge in [0.1, 0.15) is 18.2 Å². The second kappa shape index (κ2) is 7.04. The Balaban J connectivity index is 0. The quantitative estimate of drug-likeness (QED) is 0.179. The van der Waals surface area contributed by atoms with Crippen LogP contribution in [0.15, 0.2) is 11.5 Å². The van der Waals surface area contributed by atoms with E-state index in [1.54, 1.807) is 0 Å². The van der Waals surface area contributed by atoms with Crippen LogP contribution in [-0.2, 0) is 4.79 Å². The van der Waals surface area contributed by atoms with Gasteiger partial charge in [0, 0.05) is 0 Å². The SMILES string of the molecule is O=C([O-])/C(O)=C(/O)[C@H](O)[C@@H](O)CO.[Na+]. The molecule has 76 valence electrons. The molecule has 0 heterocycles. The van der Waals surface area contributed by atoms with Crippen LogP contribution in [0.4, 0.5) is 0 Å². The molecule has 0 aliphatic rings. The average molecular weight is 216 g/mol. The number of hydrogen-bond acceptors (Lipinski definition) is 7. The van der Waals surface area contributed by atoms with Crippen LogP contribution in [0.3, 0.4) is 0 Å². The van der Waals surface area contributed by atoms with Gasteiger partial charge in [-0.15, -0.1) is 0 Å². The molecule has 0 aromatic carbocycles. The first-order valence-corrected chi connectivity index (χ1v) is 3.22. The molecule has 0 saturated heterocycles. The number of aliphatic carboxylic acids is 1. The third kappa shape index (κ3) is 4.27. The largest absolute Gasteiger partial charge is 1.00 e. The van der Waals surface area contributed by atoms with Crippen molar-refractivity contribution in [2.75, 3.05) is 6.61 Å². The zero-order valence-corrected chi connectivity index (χ0v) is 9.41. The topological polar surface area (TPSA) is 141 Å². The van der Waals surface area contributed by atoms with Crippen LogP contribution in [-0.4, -0.2) is 50.3 Å². The summed E-state index contributed by atoms with van der Waals surface area (Å²) in [5, 5.41) is 53.0. The number of carboxylic acids is 1. The van der Waals surface area contributed by atoms with E-state index >= 15 is 0 Å². The normalized spacial score (nSPS) is 16.2. The van der Waals surface area contributed by atoms with Crippen molar-refractivity contribution in [3.05, 3.63) is 11.5 Å². The van der Waals surface area contributed by atoms with Crippen molar-refractivity contribution < 1.29 is 65.0 Å². The van der Waals surface area contributed by atoms with Gasteiger partial charge in [0.15, 0.2) is 11.5 Å². The molecule has 0 rings (SSSR count). The first-order valence-electron chi connectivity index (χ1n) is 3.22. The van der Waals surface area contributed by atoms with Gasteiger partial charge in [-0.25, -0.2) is 0 Å². The van der Waals surface area contributed by atoms with E-state index in [1.807, 2.05) is 0 Å². The van der Waals surface area contributed by atoms with Crippen LogP contribution in [0.1, 0.15) is 0 Å². The van der Waals surface area contributed by atoms with E-state index < -0.39 is 36.3 Å². The number of carbonyl (C=O) groups excluding carboxylic acids is 1. The minimum absolute atomic E-state index is 0. The van der Waals surface area contributed by atoms with E-state index in [1.165, 1.54) is 0 Å². The van der Waals surface area contributed by atoms with Gasteiger partial charge in [0.05, 0.1) is 6.61 Å². The van der Waals surface area contributed by atoms with Gasteiger partial charge in [0.2, 0.25) is 0 Å². The molecule has 14 heavy (non-hydrogen) atoms. The van der Waals surface area contributed by atoms with Crippen LogP contribution in [0, 0.1) is 0 Å². The van der Waals surface area contributed by atoms with Gasteiger partial charge >= 0.3 is 29.6 Å². The summed E-state index contributed by atoms with van der Waals surface area (Å²) in [6.07, 6.45) is -3.84. The van der Waals surface area contributed by atoms with Gasteiger partial charge in [-0.2, -0.15) is 0 Å². The number of aliphatic hydroxyl groups excluding tert-OH is 5. The molecule has 0 fully saturated rings. The molecule has 0 aromatic rings. The van der Waals surface area contributed by atoms with Gasteiger partial charge in [0.25, 0.3) is 0 Å². The monoisotopic (exact) mass is 216 g/mol. The maximum absolute atomic E-state index is 9.92. The summed E-state index contributed by atoms with van der Waals surface area (Å²) in [5.74, 6) is -5.04. The smallest absolute Gasteiger partial charge is 0.541 e. The molecule has 0 aromatic heterocycles. The van der Waals surface area contributed by atoms with Crippen molar-refractivity contribution in [2.24, 2.45) is 0 Å². The summed E-state index contributed by atoms with van der Waals surface area (Å²) < 4.78 is 0. The maximum Gasteiger partial charge on any atom is 1.00 e. The van der Waals surface area contributed by atoms with Crippen LogP contribution in [0.5, 0.6) is 0 Å². The molecular formula is C6H9NaO7. The Kier molecular flexibility index (Phi) is 8.12. The predicted molar refractivity (Wildman–Crippen MR) is 36.4 cm³/mol. The molecule has 0 saturated carbocycles. The van der Waals surface area contributed by atoms with Crippen molar-refractivity contribution in [2.45, 2.75) is 12.2 Å². The van der Waals surface area contributed by atoms with Crippen molar-refractivity contribution in [1.82, 2.24) is 0 Å². The molecule has 0 radical (unpaired) electrons. The zero-order chi connectivity index (χ0) is 10.6. The van der Waals surface area contributed by atoms with Gasteiger partial charge < -0.3 is 35.4 Å². The van der Waals surface area contributed by atoms with Crippen LogP contribution in [0.25, 0.3) is 0 Å². The number of carboxylic acid groups (broad SMARTS) is 1. The number of carbonyl (C=O) groups is 1. The fourth-order valence-electron chi connectivity index (χ4n) is 0.527. The minimum atomic E-state index is -2.10. The Morgan fingerprint density at radius 1 is 1.29 bits per heavy atom. The second-order valence-corrected chi connectivity index (χ2v) is 2.22. The minimum Gasteiger partial charge on any atom is -0.541 e. The van der Waals surface area contributed by atoms with E-state index in [4.69, 9.17) is 25.5 Å². The fourth-order valence-corrected chi connectivity index (χ4v) is 0.527. The summed E-state index contributed by atoms with van der Waals surface area (Å²) in [6, 6.07) is 0. The molecule has 8 heteroatoms. The van der Waals surface area contributed by atoms with E-state index in [0.29, 0.717) is 0 Å². The van der Waals surface area contributed by atoms with Crippen LogP contribution in [0.2, 0.25) is 0 Å². The zero-order valence-electron chi connectivity index (χ0n) is 7.41. The Labute approximate surface area is 101 Å². The Morgan fingerprint density at radius 3 is 2.00 bits per heavy atom. The van der Waals surface area contributed by atoms with E-state index in [2.05, 4.69) is 0 Å². The standard InChI is InChI=1S/C6H10O7.Na/c7-1-2(8)3(9)4(10)5(11)6(12)13;/h2-3,7-11H,1H2,(H,12,13);/q;+1/p-1/b5-4-;/t2-,3+;/m0./s1. The molecule has 0 bridgehead atoms. The molecule has 0 spiro atoms. The fraction of sp³-hybridized carbons (Fsp3) is 0.500. The van der Waals surface area contributed by atoms with E-state index in [-0.39, 0.29) is 29.6 Å². The summed E-state index contributed by atoms with van der Waals surface area (Å²) in [6.45, 7) is -0.897. The molecule has 5 N–H and O–H groups in total.